The van der Waals surface area contributed by atoms with Gasteiger partial charge in [-0.1, -0.05) is 13.8 Å². The quantitative estimate of drug-likeness (QED) is 0.254. The van der Waals surface area contributed by atoms with Crippen LogP contribution in [0, 0.1) is 5.92 Å². The molecule has 0 aliphatic rings. The fourth-order valence-electron chi connectivity index (χ4n) is 1.60. The van der Waals surface area contributed by atoms with Crippen molar-refractivity contribution in [3.63, 3.8) is 0 Å². The second-order valence-electron chi connectivity index (χ2n) is 5.89. The van der Waals surface area contributed by atoms with Crippen molar-refractivity contribution in [3.8, 4) is 0 Å². The van der Waals surface area contributed by atoms with Gasteiger partial charge in [-0.25, -0.2) is 4.99 Å². The first kappa shape index (κ1) is 23.7. The Labute approximate surface area is 152 Å². The molecular formula is C15H33IN4O2. The lowest BCUT2D eigenvalue weighted by molar-refractivity contribution is -0.127. The van der Waals surface area contributed by atoms with Crippen LogP contribution in [0.5, 0.6) is 0 Å². The normalized spacial score (nSPS) is 12.6. The number of rotatable bonds is 9. The van der Waals surface area contributed by atoms with E-state index in [0.29, 0.717) is 31.1 Å². The molecule has 0 saturated carbocycles. The number of carbonyl (C=O) groups is 1. The average molecular weight is 428 g/mol. The Balaban J connectivity index is 0. The molecule has 0 aromatic carbocycles. The SMILES string of the molecule is COCCNC(=NCC(=O)N(C)C)NC(C)CCC(C)C.I. The molecule has 7 heteroatoms. The molecule has 0 spiro atoms. The number of halogens is 1. The number of hydrogen-bond acceptors (Lipinski definition) is 3. The maximum Gasteiger partial charge on any atom is 0.243 e. The first-order valence-electron chi connectivity index (χ1n) is 7.60. The molecule has 0 heterocycles. The molecular weight excluding hydrogens is 395 g/mol. The Hall–Kier alpha value is -0.570. The zero-order chi connectivity index (χ0) is 16.3. The smallest absolute Gasteiger partial charge is 0.243 e. The highest BCUT2D eigenvalue weighted by Crippen LogP contribution is 2.06. The second-order valence-corrected chi connectivity index (χ2v) is 5.89. The number of guanidine groups is 1. The van der Waals surface area contributed by atoms with Crippen LogP contribution in [-0.4, -0.2) is 63.7 Å². The van der Waals surface area contributed by atoms with Gasteiger partial charge in [0, 0.05) is 33.8 Å². The van der Waals surface area contributed by atoms with Gasteiger partial charge >= 0.3 is 0 Å². The lowest BCUT2D eigenvalue weighted by Crippen LogP contribution is -2.44. The molecule has 0 aliphatic carbocycles. The van der Waals surface area contributed by atoms with Gasteiger partial charge in [0.15, 0.2) is 5.96 Å². The highest BCUT2D eigenvalue weighted by atomic mass is 127. The van der Waals surface area contributed by atoms with Crippen LogP contribution in [0.25, 0.3) is 0 Å². The molecule has 0 aromatic rings. The number of likely N-dealkylation sites (N-methyl/N-ethyl adjacent to an activating group) is 1. The highest BCUT2D eigenvalue weighted by molar-refractivity contribution is 14.0. The first-order valence-corrected chi connectivity index (χ1v) is 7.60. The third kappa shape index (κ3) is 13.1. The van der Waals surface area contributed by atoms with E-state index in [1.54, 1.807) is 26.1 Å². The summed E-state index contributed by atoms with van der Waals surface area (Å²) in [6.07, 6.45) is 2.24. The molecule has 0 radical (unpaired) electrons. The van der Waals surface area contributed by atoms with Crippen molar-refractivity contribution in [2.45, 2.75) is 39.7 Å². The minimum Gasteiger partial charge on any atom is -0.383 e. The summed E-state index contributed by atoms with van der Waals surface area (Å²) in [7, 11) is 5.12. The summed E-state index contributed by atoms with van der Waals surface area (Å²) in [4.78, 5) is 17.5. The third-order valence-corrected chi connectivity index (χ3v) is 3.03. The fraction of sp³-hybridized carbons (Fsp3) is 0.867. The maximum atomic E-state index is 11.6. The lowest BCUT2D eigenvalue weighted by atomic mass is 10.0. The van der Waals surface area contributed by atoms with E-state index in [1.807, 2.05) is 0 Å². The van der Waals surface area contributed by atoms with Gasteiger partial charge in [-0.2, -0.15) is 0 Å². The van der Waals surface area contributed by atoms with Gasteiger partial charge in [0.25, 0.3) is 0 Å². The van der Waals surface area contributed by atoms with Crippen molar-refractivity contribution in [2.75, 3.05) is 40.9 Å². The molecule has 1 atom stereocenters. The molecule has 0 rings (SSSR count). The predicted octanol–water partition coefficient (Wildman–Crippen LogP) is 1.70. The predicted molar refractivity (Wildman–Crippen MR) is 103 cm³/mol. The van der Waals surface area contributed by atoms with Crippen molar-refractivity contribution in [1.82, 2.24) is 15.5 Å². The van der Waals surface area contributed by atoms with Crippen LogP contribution in [0.1, 0.15) is 33.6 Å². The van der Waals surface area contributed by atoms with Crippen LogP contribution in [0.15, 0.2) is 4.99 Å². The molecule has 0 saturated heterocycles. The number of hydrogen-bond donors (Lipinski definition) is 2. The summed E-state index contributed by atoms with van der Waals surface area (Å²) in [5, 5.41) is 6.51. The molecule has 0 bridgehead atoms. The standard InChI is InChI=1S/C15H32N4O2.HI/c1-12(2)7-8-13(3)18-15(16-9-10-21-6)17-11-14(20)19(4)5;/h12-13H,7-11H2,1-6H3,(H2,16,17,18);1H. The Morgan fingerprint density at radius 3 is 2.36 bits per heavy atom. The largest absolute Gasteiger partial charge is 0.383 e. The summed E-state index contributed by atoms with van der Waals surface area (Å²) in [6, 6.07) is 0.315. The topological polar surface area (TPSA) is 66.0 Å². The summed E-state index contributed by atoms with van der Waals surface area (Å²) in [5.74, 6) is 1.34. The molecule has 0 aliphatic heterocycles. The van der Waals surface area contributed by atoms with E-state index in [2.05, 4.69) is 36.4 Å². The van der Waals surface area contributed by atoms with Gasteiger partial charge in [-0.3, -0.25) is 4.79 Å². The second kappa shape index (κ2) is 14.0. The number of aliphatic imine (C=N–C) groups is 1. The zero-order valence-corrected chi connectivity index (χ0v) is 17.1. The van der Waals surface area contributed by atoms with E-state index in [-0.39, 0.29) is 36.4 Å². The third-order valence-electron chi connectivity index (χ3n) is 3.03. The average Bonchev–Trinajstić information content (AvgIpc) is 2.41. The fourth-order valence-corrected chi connectivity index (χ4v) is 1.60. The Morgan fingerprint density at radius 2 is 1.86 bits per heavy atom. The number of nitrogens with zero attached hydrogens (tertiary/aromatic N) is 2. The van der Waals surface area contributed by atoms with Gasteiger partial charge in [-0.15, -0.1) is 24.0 Å². The Morgan fingerprint density at radius 1 is 1.23 bits per heavy atom. The number of carbonyl (C=O) groups excluding carboxylic acids is 1. The number of amides is 1. The van der Waals surface area contributed by atoms with Crippen LogP contribution in [0.3, 0.4) is 0 Å². The monoisotopic (exact) mass is 428 g/mol. The minimum atomic E-state index is -0.0160. The number of methoxy groups -OCH3 is 1. The number of ether oxygens (including phenoxy) is 1. The maximum absolute atomic E-state index is 11.6. The van der Waals surface area contributed by atoms with Crippen LogP contribution < -0.4 is 10.6 Å². The minimum absolute atomic E-state index is 0. The van der Waals surface area contributed by atoms with E-state index in [4.69, 9.17) is 4.74 Å². The van der Waals surface area contributed by atoms with E-state index >= 15 is 0 Å². The van der Waals surface area contributed by atoms with Crippen molar-refractivity contribution in [2.24, 2.45) is 10.9 Å². The molecule has 1 amide bonds. The molecule has 132 valence electrons. The molecule has 2 N–H and O–H groups in total. The van der Waals surface area contributed by atoms with Gasteiger partial charge < -0.3 is 20.3 Å². The van der Waals surface area contributed by atoms with Gasteiger partial charge in [0.1, 0.15) is 6.54 Å². The highest BCUT2D eigenvalue weighted by Gasteiger charge is 2.08. The lowest BCUT2D eigenvalue weighted by Gasteiger charge is -2.19. The van der Waals surface area contributed by atoms with Gasteiger partial charge in [-0.05, 0) is 25.7 Å². The summed E-state index contributed by atoms with van der Waals surface area (Å²) < 4.78 is 5.02. The van der Waals surface area contributed by atoms with Crippen LogP contribution in [0.4, 0.5) is 0 Å². The van der Waals surface area contributed by atoms with Crippen molar-refractivity contribution in [1.29, 1.82) is 0 Å². The zero-order valence-electron chi connectivity index (χ0n) is 14.8. The van der Waals surface area contributed by atoms with E-state index in [0.717, 1.165) is 12.8 Å². The molecule has 6 nitrogen and oxygen atoms in total. The van der Waals surface area contributed by atoms with Crippen LogP contribution in [-0.2, 0) is 9.53 Å². The Bertz CT molecular complexity index is 323. The van der Waals surface area contributed by atoms with Crippen LogP contribution >= 0.6 is 24.0 Å². The van der Waals surface area contributed by atoms with Crippen molar-refractivity contribution >= 4 is 35.8 Å². The number of nitrogens with one attached hydrogen (secondary N) is 2. The molecule has 0 fully saturated rings. The molecule has 1 unspecified atom stereocenters. The van der Waals surface area contributed by atoms with E-state index < -0.39 is 0 Å². The molecule has 0 aromatic heterocycles. The van der Waals surface area contributed by atoms with Crippen molar-refractivity contribution in [3.05, 3.63) is 0 Å². The van der Waals surface area contributed by atoms with Crippen molar-refractivity contribution < 1.29 is 9.53 Å². The van der Waals surface area contributed by atoms with E-state index in [1.165, 1.54) is 0 Å². The van der Waals surface area contributed by atoms with Crippen LogP contribution in [0.2, 0.25) is 0 Å². The van der Waals surface area contributed by atoms with Gasteiger partial charge in [0.2, 0.25) is 5.91 Å². The summed E-state index contributed by atoms with van der Waals surface area (Å²) in [6.45, 7) is 7.97. The van der Waals surface area contributed by atoms with Gasteiger partial charge in [0.05, 0.1) is 6.61 Å². The molecule has 22 heavy (non-hydrogen) atoms. The summed E-state index contributed by atoms with van der Waals surface area (Å²) >= 11 is 0. The summed E-state index contributed by atoms with van der Waals surface area (Å²) in [5.41, 5.74) is 0. The first-order chi connectivity index (χ1) is 9.86. The Kier molecular flexibility index (Phi) is 15.1. The van der Waals surface area contributed by atoms with E-state index in [9.17, 15) is 4.79 Å².